The van der Waals surface area contributed by atoms with E-state index in [9.17, 15) is 9.90 Å². The van der Waals surface area contributed by atoms with E-state index < -0.39 is 0 Å². The van der Waals surface area contributed by atoms with Crippen molar-refractivity contribution in [3.63, 3.8) is 0 Å². The van der Waals surface area contributed by atoms with Gasteiger partial charge in [-0.25, -0.2) is 0 Å². The maximum Gasteiger partial charge on any atom is 0.188 e. The zero-order valence-corrected chi connectivity index (χ0v) is 19.0. The van der Waals surface area contributed by atoms with Gasteiger partial charge in [0.25, 0.3) is 0 Å². The number of methoxy groups -OCH3 is 2. The Kier molecular flexibility index (Phi) is 6.50. The average molecular weight is 442 g/mol. The number of aryl methyl sites for hydroxylation is 1. The SMILES string of the molecule is COc1cc(/C=C2\CN(c3ccccc3)C/C(=C\c3ccc(O)c(OC)c3)C2=O)ccc1C. The maximum atomic E-state index is 13.5. The molecule has 5 nitrogen and oxygen atoms in total. The summed E-state index contributed by atoms with van der Waals surface area (Å²) >= 11 is 0. The fourth-order valence-electron chi connectivity index (χ4n) is 3.97. The summed E-state index contributed by atoms with van der Waals surface area (Å²) < 4.78 is 10.7. The summed E-state index contributed by atoms with van der Waals surface area (Å²) in [6.07, 6.45) is 3.80. The molecule has 3 aromatic rings. The molecule has 4 rings (SSSR count). The number of ether oxygens (including phenoxy) is 2. The first-order valence-electron chi connectivity index (χ1n) is 10.8. The van der Waals surface area contributed by atoms with E-state index in [1.165, 1.54) is 7.11 Å². The van der Waals surface area contributed by atoms with Crippen LogP contribution in [0.15, 0.2) is 77.9 Å². The van der Waals surface area contributed by atoms with Gasteiger partial charge in [-0.05, 0) is 66.1 Å². The fourth-order valence-corrected chi connectivity index (χ4v) is 3.97. The molecule has 3 aromatic carbocycles. The van der Waals surface area contributed by atoms with E-state index in [4.69, 9.17) is 9.47 Å². The molecule has 0 radical (unpaired) electrons. The van der Waals surface area contributed by atoms with Gasteiger partial charge >= 0.3 is 0 Å². The number of phenolic OH excluding ortho intramolecular Hbond substituents is 1. The minimum atomic E-state index is 0.00812. The predicted octanol–water partition coefficient (Wildman–Crippen LogP) is 5.27. The summed E-state index contributed by atoms with van der Waals surface area (Å²) in [6, 6.07) is 21.1. The van der Waals surface area contributed by atoms with E-state index in [0.717, 1.165) is 28.1 Å². The number of para-hydroxylation sites is 1. The van der Waals surface area contributed by atoms with Crippen molar-refractivity contribution >= 4 is 23.6 Å². The van der Waals surface area contributed by atoms with Gasteiger partial charge in [-0.1, -0.05) is 36.4 Å². The number of ketones is 1. The van der Waals surface area contributed by atoms with Gasteiger partial charge in [-0.15, -0.1) is 0 Å². The Bertz CT molecular complexity index is 1150. The third-order valence-corrected chi connectivity index (χ3v) is 5.74. The van der Waals surface area contributed by atoms with E-state index in [-0.39, 0.29) is 11.5 Å². The number of rotatable bonds is 5. The molecule has 1 heterocycles. The Morgan fingerprint density at radius 3 is 2.00 bits per heavy atom. The van der Waals surface area contributed by atoms with Gasteiger partial charge < -0.3 is 19.5 Å². The molecular weight excluding hydrogens is 414 g/mol. The monoisotopic (exact) mass is 441 g/mol. The molecule has 5 heteroatoms. The highest BCUT2D eigenvalue weighted by Gasteiger charge is 2.26. The van der Waals surface area contributed by atoms with Crippen LogP contribution in [0.5, 0.6) is 17.2 Å². The number of anilines is 1. The quantitative estimate of drug-likeness (QED) is 0.547. The van der Waals surface area contributed by atoms with Crippen molar-refractivity contribution in [1.29, 1.82) is 0 Å². The van der Waals surface area contributed by atoms with Crippen molar-refractivity contribution in [2.75, 3.05) is 32.2 Å². The van der Waals surface area contributed by atoms with Crippen molar-refractivity contribution in [2.45, 2.75) is 6.92 Å². The summed E-state index contributed by atoms with van der Waals surface area (Å²) in [5, 5.41) is 9.91. The summed E-state index contributed by atoms with van der Waals surface area (Å²) in [5.74, 6) is 1.23. The van der Waals surface area contributed by atoms with Crippen LogP contribution >= 0.6 is 0 Å². The number of benzene rings is 3. The molecule has 0 aromatic heterocycles. The Morgan fingerprint density at radius 2 is 1.39 bits per heavy atom. The number of phenols is 1. The van der Waals surface area contributed by atoms with Gasteiger partial charge in [0.05, 0.1) is 14.2 Å². The van der Waals surface area contributed by atoms with Crippen molar-refractivity contribution in [3.8, 4) is 17.2 Å². The molecule has 33 heavy (non-hydrogen) atoms. The highest BCUT2D eigenvalue weighted by Crippen LogP contribution is 2.30. The minimum absolute atomic E-state index is 0.00812. The number of hydrogen-bond donors (Lipinski definition) is 1. The van der Waals surface area contributed by atoms with Crippen LogP contribution in [0, 0.1) is 6.92 Å². The summed E-state index contributed by atoms with van der Waals surface area (Å²) in [6.45, 7) is 2.99. The van der Waals surface area contributed by atoms with Gasteiger partial charge in [0, 0.05) is 29.9 Å². The van der Waals surface area contributed by atoms with Crippen LogP contribution < -0.4 is 14.4 Å². The zero-order chi connectivity index (χ0) is 23.4. The molecule has 0 bridgehead atoms. The number of aromatic hydroxyl groups is 1. The lowest BCUT2D eigenvalue weighted by Gasteiger charge is -2.31. The normalized spacial score (nSPS) is 16.3. The van der Waals surface area contributed by atoms with Gasteiger partial charge in [0.2, 0.25) is 0 Å². The lowest BCUT2D eigenvalue weighted by molar-refractivity contribution is -0.112. The number of Topliss-reactive ketones (excluding diaryl/α,β-unsaturated/α-hetero) is 1. The smallest absolute Gasteiger partial charge is 0.188 e. The highest BCUT2D eigenvalue weighted by molar-refractivity contribution is 6.15. The lowest BCUT2D eigenvalue weighted by atomic mass is 9.93. The van der Waals surface area contributed by atoms with Crippen LogP contribution in [-0.2, 0) is 4.79 Å². The summed E-state index contributed by atoms with van der Waals surface area (Å²) in [4.78, 5) is 15.7. The van der Waals surface area contributed by atoms with Crippen molar-refractivity contribution < 1.29 is 19.4 Å². The third-order valence-electron chi connectivity index (χ3n) is 5.74. The van der Waals surface area contributed by atoms with Gasteiger partial charge in [0.1, 0.15) is 5.75 Å². The third kappa shape index (κ3) is 4.93. The van der Waals surface area contributed by atoms with Crippen LogP contribution in [0.2, 0.25) is 0 Å². The van der Waals surface area contributed by atoms with Crippen molar-refractivity contribution in [1.82, 2.24) is 0 Å². The molecule has 0 atom stereocenters. The summed E-state index contributed by atoms with van der Waals surface area (Å²) in [5.41, 5.74) is 5.17. The summed E-state index contributed by atoms with van der Waals surface area (Å²) in [7, 11) is 3.15. The fraction of sp³-hybridized carbons (Fsp3) is 0.179. The first kappa shape index (κ1) is 22.2. The van der Waals surface area contributed by atoms with Crippen molar-refractivity contribution in [2.24, 2.45) is 0 Å². The van der Waals surface area contributed by atoms with Crippen LogP contribution in [0.3, 0.4) is 0 Å². The van der Waals surface area contributed by atoms with Crippen LogP contribution in [-0.4, -0.2) is 38.2 Å². The predicted molar refractivity (Wildman–Crippen MR) is 132 cm³/mol. The topological polar surface area (TPSA) is 59.0 Å². The Morgan fingerprint density at radius 1 is 0.818 bits per heavy atom. The number of hydrogen-bond acceptors (Lipinski definition) is 5. The molecule has 1 aliphatic heterocycles. The van der Waals surface area contributed by atoms with Crippen LogP contribution in [0.4, 0.5) is 5.69 Å². The standard InChI is InChI=1S/C28H27NO4/c1-19-9-10-20(15-26(19)32-2)13-22-17-29(24-7-5-4-6-8-24)18-23(28(22)31)14-21-11-12-25(30)27(16-21)33-3/h4-16,30H,17-18H2,1-3H3/b22-13+,23-14+. The molecule has 0 amide bonds. The number of carbonyl (C=O) groups excluding carboxylic acids is 1. The average Bonchev–Trinajstić information content (AvgIpc) is 2.84. The van der Waals surface area contributed by atoms with Crippen LogP contribution in [0.1, 0.15) is 16.7 Å². The van der Waals surface area contributed by atoms with Gasteiger partial charge in [0.15, 0.2) is 17.3 Å². The second kappa shape index (κ2) is 9.65. The second-order valence-electron chi connectivity index (χ2n) is 8.02. The second-order valence-corrected chi connectivity index (χ2v) is 8.02. The molecule has 168 valence electrons. The molecule has 1 aliphatic rings. The first-order valence-corrected chi connectivity index (χ1v) is 10.8. The molecule has 1 fully saturated rings. The van der Waals surface area contributed by atoms with E-state index in [1.807, 2.05) is 67.6 Å². The Hall–Kier alpha value is -3.99. The molecule has 1 N–H and O–H groups in total. The zero-order valence-electron chi connectivity index (χ0n) is 19.0. The molecule has 0 aliphatic carbocycles. The van der Waals surface area contributed by atoms with E-state index >= 15 is 0 Å². The Balaban J connectivity index is 1.76. The first-order chi connectivity index (χ1) is 16.0. The number of carbonyl (C=O) groups is 1. The minimum Gasteiger partial charge on any atom is -0.504 e. The maximum absolute atomic E-state index is 13.5. The van der Waals surface area contributed by atoms with E-state index in [0.29, 0.717) is 30.0 Å². The molecule has 0 spiro atoms. The largest absolute Gasteiger partial charge is 0.504 e. The van der Waals surface area contributed by atoms with Gasteiger partial charge in [-0.2, -0.15) is 0 Å². The Labute approximate surface area is 194 Å². The van der Waals surface area contributed by atoms with E-state index in [1.54, 1.807) is 25.3 Å². The highest BCUT2D eigenvalue weighted by atomic mass is 16.5. The van der Waals surface area contributed by atoms with Crippen LogP contribution in [0.25, 0.3) is 12.2 Å². The van der Waals surface area contributed by atoms with E-state index in [2.05, 4.69) is 4.90 Å². The molecule has 0 unspecified atom stereocenters. The molecule has 1 saturated heterocycles. The number of piperidine rings is 1. The molecular formula is C28H27NO4. The molecule has 0 saturated carbocycles. The van der Waals surface area contributed by atoms with Crippen molar-refractivity contribution in [3.05, 3.63) is 94.6 Å². The number of nitrogens with zero attached hydrogens (tertiary/aromatic N) is 1. The van der Waals surface area contributed by atoms with Gasteiger partial charge in [-0.3, -0.25) is 4.79 Å². The lowest BCUT2D eigenvalue weighted by Crippen LogP contribution is -2.37.